The molecule has 0 aliphatic rings. The number of H-pyrrole nitrogens is 1. The molecule has 0 radical (unpaired) electrons. The highest BCUT2D eigenvalue weighted by Gasteiger charge is 2.19. The minimum atomic E-state index is -0.300. The molecule has 6 rings (SSSR count). The van der Waals surface area contributed by atoms with Crippen LogP contribution in [-0.4, -0.2) is 20.2 Å². The van der Waals surface area contributed by atoms with Crippen LogP contribution in [0.3, 0.4) is 0 Å². The number of para-hydroxylation sites is 1. The highest BCUT2D eigenvalue weighted by Crippen LogP contribution is 2.39. The van der Waals surface area contributed by atoms with Crippen LogP contribution in [0.15, 0.2) is 104 Å². The summed E-state index contributed by atoms with van der Waals surface area (Å²) in [6.45, 7) is 0. The van der Waals surface area contributed by atoms with Gasteiger partial charge in [0.2, 0.25) is 0 Å². The van der Waals surface area contributed by atoms with Crippen LogP contribution in [-0.2, 0) is 0 Å². The fourth-order valence-corrected chi connectivity index (χ4v) is 4.13. The Balaban J connectivity index is 1.57. The summed E-state index contributed by atoms with van der Waals surface area (Å²) in [5.41, 5.74) is 4.64. The topological polar surface area (TPSA) is 57.7 Å². The van der Waals surface area contributed by atoms with Crippen molar-refractivity contribution in [3.05, 3.63) is 109 Å². The van der Waals surface area contributed by atoms with Crippen LogP contribution in [0.1, 0.15) is 0 Å². The minimum absolute atomic E-state index is 0.300. The lowest BCUT2D eigenvalue weighted by atomic mass is 10.0. The molecule has 0 fully saturated rings. The van der Waals surface area contributed by atoms with E-state index in [2.05, 4.69) is 20.2 Å². The second-order valence-electron chi connectivity index (χ2n) is 7.72. The van der Waals surface area contributed by atoms with E-state index in [1.807, 2.05) is 89.8 Å². The van der Waals surface area contributed by atoms with E-state index in [1.165, 1.54) is 6.33 Å². The maximum absolute atomic E-state index is 15.4. The Labute approximate surface area is 189 Å². The third-order valence-electron chi connectivity index (χ3n) is 5.71. The number of aromatic nitrogens is 4. The third-order valence-corrected chi connectivity index (χ3v) is 5.71. The van der Waals surface area contributed by atoms with Crippen LogP contribution in [0.4, 0.5) is 21.6 Å². The van der Waals surface area contributed by atoms with Gasteiger partial charge in [-0.05, 0) is 54.1 Å². The van der Waals surface area contributed by atoms with Crippen molar-refractivity contribution in [3.63, 3.8) is 0 Å². The molecule has 4 aromatic carbocycles. The summed E-state index contributed by atoms with van der Waals surface area (Å²) >= 11 is 0. The molecule has 5 nitrogen and oxygen atoms in total. The molecular formula is C27H18FN5. The van der Waals surface area contributed by atoms with Crippen molar-refractivity contribution in [1.82, 2.24) is 20.2 Å². The number of benzene rings is 4. The van der Waals surface area contributed by atoms with Crippen LogP contribution in [0.25, 0.3) is 32.9 Å². The monoisotopic (exact) mass is 431 g/mol. The van der Waals surface area contributed by atoms with E-state index in [-0.39, 0.29) is 5.82 Å². The number of nitrogens with one attached hydrogen (secondary N) is 1. The molecule has 0 spiro atoms. The molecule has 0 atom stereocenters. The number of nitrogens with zero attached hydrogens (tertiary/aromatic N) is 4. The van der Waals surface area contributed by atoms with E-state index in [9.17, 15) is 0 Å². The van der Waals surface area contributed by atoms with Crippen molar-refractivity contribution in [2.45, 2.75) is 0 Å². The molecule has 6 aromatic rings. The summed E-state index contributed by atoms with van der Waals surface area (Å²) in [7, 11) is 0. The SMILES string of the molecule is Fc1cc(N(c2ccc3[nH]ncc3c2)c2ncnc3ccccc23)ccc1-c1ccccc1. The number of halogens is 1. The fraction of sp³-hybridized carbons (Fsp3) is 0. The second-order valence-corrected chi connectivity index (χ2v) is 7.72. The van der Waals surface area contributed by atoms with Gasteiger partial charge >= 0.3 is 0 Å². The standard InChI is InChI=1S/C27H18FN5/c28-24-15-21(10-12-22(24)18-6-2-1-3-7-18)33(20-11-13-25-19(14-20)16-31-32-25)27-23-8-4-5-9-26(23)29-17-30-27/h1-17H,(H,31,32). The van der Waals surface area contributed by atoms with Gasteiger partial charge in [-0.1, -0.05) is 42.5 Å². The first-order valence-corrected chi connectivity index (χ1v) is 10.6. The van der Waals surface area contributed by atoms with E-state index in [0.717, 1.165) is 33.1 Å². The van der Waals surface area contributed by atoms with Crippen molar-refractivity contribution in [2.24, 2.45) is 0 Å². The maximum atomic E-state index is 15.4. The van der Waals surface area contributed by atoms with Gasteiger partial charge in [0.25, 0.3) is 0 Å². The molecule has 158 valence electrons. The number of anilines is 3. The quantitative estimate of drug-likeness (QED) is 0.334. The van der Waals surface area contributed by atoms with Gasteiger partial charge in [0.05, 0.1) is 22.9 Å². The summed E-state index contributed by atoms with van der Waals surface area (Å²) in [5, 5.41) is 8.93. The smallest absolute Gasteiger partial charge is 0.148 e. The summed E-state index contributed by atoms with van der Waals surface area (Å²) < 4.78 is 15.4. The van der Waals surface area contributed by atoms with Crippen LogP contribution in [0.5, 0.6) is 0 Å². The summed E-state index contributed by atoms with van der Waals surface area (Å²) in [6, 6.07) is 28.6. The highest BCUT2D eigenvalue weighted by molar-refractivity contribution is 5.96. The number of aromatic amines is 1. The second kappa shape index (κ2) is 7.84. The molecule has 33 heavy (non-hydrogen) atoms. The zero-order chi connectivity index (χ0) is 22.2. The lowest BCUT2D eigenvalue weighted by molar-refractivity contribution is 0.631. The number of fused-ring (bicyclic) bond motifs is 2. The molecule has 0 aliphatic carbocycles. The molecule has 2 aromatic heterocycles. The fourth-order valence-electron chi connectivity index (χ4n) is 4.13. The van der Waals surface area contributed by atoms with E-state index < -0.39 is 0 Å². The van der Waals surface area contributed by atoms with E-state index in [1.54, 1.807) is 12.3 Å². The number of hydrogen-bond donors (Lipinski definition) is 1. The Bertz CT molecular complexity index is 1590. The van der Waals surface area contributed by atoms with Crippen LogP contribution in [0.2, 0.25) is 0 Å². The predicted octanol–water partition coefficient (Wildman–Crippen LogP) is 6.78. The largest absolute Gasteiger partial charge is 0.294 e. The van der Waals surface area contributed by atoms with Crippen LogP contribution < -0.4 is 4.90 Å². The molecule has 1 N–H and O–H groups in total. The lowest BCUT2D eigenvalue weighted by Crippen LogP contribution is -2.13. The van der Waals surface area contributed by atoms with Gasteiger partial charge < -0.3 is 0 Å². The van der Waals surface area contributed by atoms with Gasteiger partial charge in [-0.25, -0.2) is 14.4 Å². The first-order valence-electron chi connectivity index (χ1n) is 10.6. The molecule has 0 amide bonds. The summed E-state index contributed by atoms with van der Waals surface area (Å²) in [5.74, 6) is 0.377. The van der Waals surface area contributed by atoms with Crippen molar-refractivity contribution in [3.8, 4) is 11.1 Å². The number of hydrogen-bond acceptors (Lipinski definition) is 4. The van der Waals surface area contributed by atoms with E-state index in [4.69, 9.17) is 0 Å². The predicted molar refractivity (Wildman–Crippen MR) is 129 cm³/mol. The Hall–Kier alpha value is -4.58. The van der Waals surface area contributed by atoms with Gasteiger partial charge in [0.1, 0.15) is 18.0 Å². The maximum Gasteiger partial charge on any atom is 0.148 e. The highest BCUT2D eigenvalue weighted by atomic mass is 19.1. The van der Waals surface area contributed by atoms with E-state index in [0.29, 0.717) is 17.1 Å². The first kappa shape index (κ1) is 19.1. The molecule has 2 heterocycles. The van der Waals surface area contributed by atoms with Crippen molar-refractivity contribution < 1.29 is 4.39 Å². The minimum Gasteiger partial charge on any atom is -0.294 e. The van der Waals surface area contributed by atoms with Gasteiger partial charge in [-0.15, -0.1) is 0 Å². The average Bonchev–Trinajstić information content (AvgIpc) is 3.33. The zero-order valence-electron chi connectivity index (χ0n) is 17.5. The summed E-state index contributed by atoms with van der Waals surface area (Å²) in [6.07, 6.45) is 3.31. The Morgan fingerprint density at radius 1 is 0.758 bits per heavy atom. The lowest BCUT2D eigenvalue weighted by Gasteiger charge is -2.25. The van der Waals surface area contributed by atoms with Crippen molar-refractivity contribution >= 4 is 39.0 Å². The molecule has 0 saturated carbocycles. The Kier molecular flexibility index (Phi) is 4.54. The van der Waals surface area contributed by atoms with Crippen LogP contribution in [0, 0.1) is 5.82 Å². The molecule has 0 unspecified atom stereocenters. The van der Waals surface area contributed by atoms with Crippen molar-refractivity contribution in [2.75, 3.05) is 4.90 Å². The molecule has 0 saturated heterocycles. The van der Waals surface area contributed by atoms with Crippen LogP contribution >= 0.6 is 0 Å². The molecule has 0 aliphatic heterocycles. The molecule has 0 bridgehead atoms. The first-order chi connectivity index (χ1) is 16.3. The Morgan fingerprint density at radius 3 is 2.42 bits per heavy atom. The average molecular weight is 431 g/mol. The Morgan fingerprint density at radius 2 is 1.55 bits per heavy atom. The van der Waals surface area contributed by atoms with Gasteiger partial charge in [0.15, 0.2) is 0 Å². The normalized spacial score (nSPS) is 11.2. The zero-order valence-corrected chi connectivity index (χ0v) is 17.5. The summed E-state index contributed by atoms with van der Waals surface area (Å²) in [4.78, 5) is 11.0. The molecule has 6 heteroatoms. The third kappa shape index (κ3) is 3.38. The molecular weight excluding hydrogens is 413 g/mol. The van der Waals surface area contributed by atoms with Gasteiger partial charge in [-0.2, -0.15) is 5.10 Å². The van der Waals surface area contributed by atoms with Gasteiger partial charge in [-0.3, -0.25) is 10.00 Å². The van der Waals surface area contributed by atoms with Crippen molar-refractivity contribution in [1.29, 1.82) is 0 Å². The van der Waals surface area contributed by atoms with Gasteiger partial charge in [0, 0.05) is 22.0 Å². The number of rotatable bonds is 4. The van der Waals surface area contributed by atoms with E-state index >= 15 is 4.39 Å².